The Kier molecular flexibility index (Phi) is 4.65. The van der Waals surface area contributed by atoms with E-state index < -0.39 is 0 Å². The molecule has 0 N–H and O–H groups in total. The number of fused-ring (bicyclic) bond motifs is 1. The molecular weight excluding hydrogens is 338 g/mol. The second kappa shape index (κ2) is 6.60. The lowest BCUT2D eigenvalue weighted by Gasteiger charge is -2.31. The molecule has 0 atom stereocenters. The van der Waals surface area contributed by atoms with E-state index in [4.69, 9.17) is 21.1 Å². The maximum Gasteiger partial charge on any atom is 0.256 e. The SMILES string of the molecule is COc1ccc(COc2ccc(Cl)c3c2CN(C(C)(C)C)C3=O)cc1. The molecule has 0 radical (unpaired) electrons. The average molecular weight is 360 g/mol. The van der Waals surface area contributed by atoms with Crippen LogP contribution in [-0.2, 0) is 13.2 Å². The van der Waals surface area contributed by atoms with Crippen molar-refractivity contribution >= 4 is 17.5 Å². The predicted octanol–water partition coefficient (Wildman–Crippen LogP) is 4.68. The normalized spacial score (nSPS) is 13.8. The molecule has 0 saturated heterocycles. The molecule has 1 aliphatic heterocycles. The summed E-state index contributed by atoms with van der Waals surface area (Å²) in [6.07, 6.45) is 0. The Balaban J connectivity index is 1.84. The molecule has 0 saturated carbocycles. The predicted molar refractivity (Wildman–Crippen MR) is 98.4 cm³/mol. The Morgan fingerprint density at radius 2 is 1.80 bits per heavy atom. The zero-order valence-electron chi connectivity index (χ0n) is 14.9. The van der Waals surface area contributed by atoms with E-state index in [1.54, 1.807) is 13.2 Å². The van der Waals surface area contributed by atoms with E-state index >= 15 is 0 Å². The molecule has 0 aromatic heterocycles. The lowest BCUT2D eigenvalue weighted by Crippen LogP contribution is -2.41. The molecule has 1 heterocycles. The second-order valence-electron chi connectivity index (χ2n) is 7.10. The highest BCUT2D eigenvalue weighted by molar-refractivity contribution is 6.34. The van der Waals surface area contributed by atoms with Crippen molar-refractivity contribution < 1.29 is 14.3 Å². The van der Waals surface area contributed by atoms with Gasteiger partial charge in [0.25, 0.3) is 5.91 Å². The van der Waals surface area contributed by atoms with Crippen LogP contribution in [0.2, 0.25) is 5.02 Å². The minimum atomic E-state index is -0.271. The van der Waals surface area contributed by atoms with Crippen molar-refractivity contribution in [3.05, 3.63) is 58.1 Å². The number of nitrogens with zero attached hydrogens (tertiary/aromatic N) is 1. The van der Waals surface area contributed by atoms with Crippen LogP contribution in [-0.4, -0.2) is 23.5 Å². The summed E-state index contributed by atoms with van der Waals surface area (Å²) >= 11 is 6.29. The molecule has 3 rings (SSSR count). The minimum absolute atomic E-state index is 0.0394. The van der Waals surface area contributed by atoms with Crippen molar-refractivity contribution in [3.8, 4) is 11.5 Å². The Bertz CT molecular complexity index is 794. The van der Waals surface area contributed by atoms with Crippen LogP contribution in [0.25, 0.3) is 0 Å². The summed E-state index contributed by atoms with van der Waals surface area (Å²) in [5, 5.41) is 0.476. The van der Waals surface area contributed by atoms with Gasteiger partial charge in [0.05, 0.1) is 24.2 Å². The molecule has 1 amide bonds. The Labute approximate surface area is 153 Å². The number of amides is 1. The van der Waals surface area contributed by atoms with Gasteiger partial charge in [0.2, 0.25) is 0 Å². The van der Waals surface area contributed by atoms with Crippen LogP contribution in [0.3, 0.4) is 0 Å². The first-order chi connectivity index (χ1) is 11.8. The Morgan fingerprint density at radius 3 is 2.40 bits per heavy atom. The molecule has 132 valence electrons. The quantitative estimate of drug-likeness (QED) is 0.795. The van der Waals surface area contributed by atoms with Crippen molar-refractivity contribution in [1.82, 2.24) is 4.90 Å². The van der Waals surface area contributed by atoms with Crippen LogP contribution in [0, 0.1) is 0 Å². The lowest BCUT2D eigenvalue weighted by molar-refractivity contribution is 0.0609. The largest absolute Gasteiger partial charge is 0.497 e. The number of methoxy groups -OCH3 is 1. The molecule has 25 heavy (non-hydrogen) atoms. The zero-order chi connectivity index (χ0) is 18.2. The Morgan fingerprint density at radius 1 is 1.12 bits per heavy atom. The van der Waals surface area contributed by atoms with Gasteiger partial charge in [-0.15, -0.1) is 0 Å². The third kappa shape index (κ3) is 3.45. The molecular formula is C20H22ClNO3. The monoisotopic (exact) mass is 359 g/mol. The molecule has 0 spiro atoms. The number of rotatable bonds is 4. The second-order valence-corrected chi connectivity index (χ2v) is 7.51. The number of halogens is 1. The first kappa shape index (κ1) is 17.6. The average Bonchev–Trinajstić information content (AvgIpc) is 2.93. The third-order valence-corrected chi connectivity index (χ3v) is 4.67. The summed E-state index contributed by atoms with van der Waals surface area (Å²) < 4.78 is 11.2. The van der Waals surface area contributed by atoms with Crippen molar-refractivity contribution in [2.24, 2.45) is 0 Å². The third-order valence-electron chi connectivity index (χ3n) is 4.36. The highest BCUT2D eigenvalue weighted by Gasteiger charge is 2.38. The molecule has 0 aliphatic carbocycles. The molecule has 4 nitrogen and oxygen atoms in total. The van der Waals surface area contributed by atoms with Gasteiger partial charge in [-0.25, -0.2) is 0 Å². The van der Waals surface area contributed by atoms with Gasteiger partial charge in [0.15, 0.2) is 0 Å². The van der Waals surface area contributed by atoms with Gasteiger partial charge in [-0.05, 0) is 50.6 Å². The van der Waals surface area contributed by atoms with Gasteiger partial charge in [-0.1, -0.05) is 23.7 Å². The highest BCUT2D eigenvalue weighted by atomic mass is 35.5. The first-order valence-corrected chi connectivity index (χ1v) is 8.58. The van der Waals surface area contributed by atoms with Crippen LogP contribution >= 0.6 is 11.6 Å². The minimum Gasteiger partial charge on any atom is -0.497 e. The van der Waals surface area contributed by atoms with Crippen LogP contribution in [0.5, 0.6) is 11.5 Å². The Hall–Kier alpha value is -2.20. The molecule has 0 bridgehead atoms. The fourth-order valence-corrected chi connectivity index (χ4v) is 3.17. The summed E-state index contributed by atoms with van der Waals surface area (Å²) in [5.74, 6) is 1.47. The maximum atomic E-state index is 12.7. The zero-order valence-corrected chi connectivity index (χ0v) is 15.7. The van der Waals surface area contributed by atoms with Crippen molar-refractivity contribution in [1.29, 1.82) is 0 Å². The van der Waals surface area contributed by atoms with Crippen molar-refractivity contribution in [2.75, 3.05) is 7.11 Å². The van der Waals surface area contributed by atoms with E-state index in [0.29, 0.717) is 29.5 Å². The smallest absolute Gasteiger partial charge is 0.256 e. The summed E-state index contributed by atoms with van der Waals surface area (Å²) in [5.41, 5.74) is 2.18. The van der Waals surface area contributed by atoms with Crippen molar-refractivity contribution in [2.45, 2.75) is 39.5 Å². The van der Waals surface area contributed by atoms with Gasteiger partial charge in [0, 0.05) is 11.1 Å². The van der Waals surface area contributed by atoms with Crippen LogP contribution in [0.1, 0.15) is 42.3 Å². The number of benzene rings is 2. The number of hydrogen-bond donors (Lipinski definition) is 0. The van der Waals surface area contributed by atoms with E-state index in [2.05, 4.69) is 0 Å². The molecule has 1 aliphatic rings. The van der Waals surface area contributed by atoms with Crippen LogP contribution in [0.4, 0.5) is 0 Å². The fraction of sp³-hybridized carbons (Fsp3) is 0.350. The number of hydrogen-bond acceptors (Lipinski definition) is 3. The molecule has 5 heteroatoms. The van der Waals surface area contributed by atoms with Gasteiger partial charge in [-0.3, -0.25) is 4.79 Å². The number of carbonyl (C=O) groups is 1. The summed E-state index contributed by atoms with van der Waals surface area (Å²) in [6, 6.07) is 11.3. The number of carbonyl (C=O) groups excluding carboxylic acids is 1. The topological polar surface area (TPSA) is 38.8 Å². The fourth-order valence-electron chi connectivity index (χ4n) is 2.91. The molecule has 2 aromatic carbocycles. The highest BCUT2D eigenvalue weighted by Crippen LogP contribution is 2.38. The van der Waals surface area contributed by atoms with E-state index in [1.807, 2.05) is 56.0 Å². The van der Waals surface area contributed by atoms with E-state index in [-0.39, 0.29) is 11.4 Å². The van der Waals surface area contributed by atoms with Gasteiger partial charge in [0.1, 0.15) is 18.1 Å². The molecule has 0 fully saturated rings. The summed E-state index contributed by atoms with van der Waals surface area (Å²) in [7, 11) is 1.64. The first-order valence-electron chi connectivity index (χ1n) is 8.20. The van der Waals surface area contributed by atoms with Gasteiger partial charge >= 0.3 is 0 Å². The van der Waals surface area contributed by atoms with Gasteiger partial charge < -0.3 is 14.4 Å². The lowest BCUT2D eigenvalue weighted by atomic mass is 10.1. The van der Waals surface area contributed by atoms with E-state index in [1.165, 1.54) is 0 Å². The standard InChI is InChI=1S/C20H22ClNO3/c1-20(2,3)22-11-15-17(10-9-16(21)18(15)19(22)23)25-12-13-5-7-14(24-4)8-6-13/h5-10H,11-12H2,1-4H3. The maximum absolute atomic E-state index is 12.7. The van der Waals surface area contributed by atoms with Gasteiger partial charge in [-0.2, -0.15) is 0 Å². The number of ether oxygens (including phenoxy) is 2. The molecule has 2 aromatic rings. The summed E-state index contributed by atoms with van der Waals surface area (Å²) in [6.45, 7) is 6.98. The van der Waals surface area contributed by atoms with E-state index in [9.17, 15) is 4.79 Å². The van der Waals surface area contributed by atoms with Crippen LogP contribution < -0.4 is 9.47 Å². The van der Waals surface area contributed by atoms with Crippen LogP contribution in [0.15, 0.2) is 36.4 Å². The molecule has 0 unspecified atom stereocenters. The van der Waals surface area contributed by atoms with E-state index in [0.717, 1.165) is 16.9 Å². The summed E-state index contributed by atoms with van der Waals surface area (Å²) in [4.78, 5) is 14.6. The van der Waals surface area contributed by atoms with Crippen molar-refractivity contribution in [3.63, 3.8) is 0 Å².